The highest BCUT2D eigenvalue weighted by atomic mass is 19.1. The van der Waals surface area contributed by atoms with Crippen LogP contribution < -0.4 is 4.90 Å². The lowest BCUT2D eigenvalue weighted by Crippen LogP contribution is -2.57. The molecule has 0 unspecified atom stereocenters. The summed E-state index contributed by atoms with van der Waals surface area (Å²) in [7, 11) is 0. The van der Waals surface area contributed by atoms with Gasteiger partial charge in [0.2, 0.25) is 11.8 Å². The number of hydrogen-bond donors (Lipinski definition) is 0. The van der Waals surface area contributed by atoms with Crippen LogP contribution in [0.4, 0.5) is 10.1 Å². The fourth-order valence-corrected chi connectivity index (χ4v) is 2.42. The first-order valence-electron chi connectivity index (χ1n) is 6.82. The van der Waals surface area contributed by atoms with Gasteiger partial charge in [-0.3, -0.25) is 9.59 Å². The summed E-state index contributed by atoms with van der Waals surface area (Å²) < 4.78 is 13.6. The van der Waals surface area contributed by atoms with E-state index in [1.807, 2.05) is 0 Å². The third-order valence-electron chi connectivity index (χ3n) is 3.75. The van der Waals surface area contributed by atoms with Crippen LogP contribution >= 0.6 is 0 Å². The Hall–Kier alpha value is -1.91. The van der Waals surface area contributed by atoms with Crippen LogP contribution in [-0.2, 0) is 9.59 Å². The van der Waals surface area contributed by atoms with Crippen LogP contribution in [0.25, 0.3) is 0 Å². The van der Waals surface area contributed by atoms with Gasteiger partial charge in [-0.25, -0.2) is 4.39 Å². The Labute approximate surface area is 118 Å². The number of halogens is 1. The molecule has 0 aromatic heterocycles. The predicted octanol–water partition coefficient (Wildman–Crippen LogP) is 2.11. The van der Waals surface area contributed by atoms with E-state index in [0.29, 0.717) is 30.8 Å². The van der Waals surface area contributed by atoms with Crippen molar-refractivity contribution in [2.24, 2.45) is 0 Å². The second kappa shape index (κ2) is 5.61. The van der Waals surface area contributed by atoms with Crippen LogP contribution in [0.3, 0.4) is 0 Å². The van der Waals surface area contributed by atoms with E-state index < -0.39 is 6.04 Å². The van der Waals surface area contributed by atoms with Gasteiger partial charge in [0.25, 0.3) is 0 Å². The van der Waals surface area contributed by atoms with E-state index in [2.05, 4.69) is 0 Å². The zero-order valence-electron chi connectivity index (χ0n) is 12.0. The third kappa shape index (κ3) is 2.53. The summed E-state index contributed by atoms with van der Waals surface area (Å²) in [6.07, 6.45) is 0.386. The number of hydrogen-bond acceptors (Lipinski definition) is 2. The molecule has 1 aliphatic heterocycles. The molecular formula is C15H19FN2O2. The van der Waals surface area contributed by atoms with E-state index in [1.54, 1.807) is 42.7 Å². The van der Waals surface area contributed by atoms with Gasteiger partial charge in [0.15, 0.2) is 0 Å². The van der Waals surface area contributed by atoms with E-state index in [-0.39, 0.29) is 17.6 Å². The highest BCUT2D eigenvalue weighted by Gasteiger charge is 2.34. The van der Waals surface area contributed by atoms with Gasteiger partial charge in [-0.15, -0.1) is 0 Å². The Bertz CT molecular complexity index is 545. The van der Waals surface area contributed by atoms with Gasteiger partial charge in [-0.1, -0.05) is 13.0 Å². The quantitative estimate of drug-likeness (QED) is 0.831. The summed E-state index contributed by atoms with van der Waals surface area (Å²) in [6, 6.07) is 4.27. The summed E-state index contributed by atoms with van der Waals surface area (Å²) in [6.45, 7) is 6.06. The fourth-order valence-electron chi connectivity index (χ4n) is 2.42. The minimum Gasteiger partial charge on any atom is -0.329 e. The maximum absolute atomic E-state index is 13.6. The second-order valence-electron chi connectivity index (χ2n) is 5.04. The number of benzene rings is 1. The Kier molecular flexibility index (Phi) is 4.06. The number of nitrogens with zero attached hydrogens (tertiary/aromatic N) is 2. The normalized spacial score (nSPS) is 19.4. The van der Waals surface area contributed by atoms with E-state index in [0.717, 1.165) is 0 Å². The first-order valence-corrected chi connectivity index (χ1v) is 6.82. The number of amides is 2. The van der Waals surface area contributed by atoms with E-state index in [4.69, 9.17) is 0 Å². The minimum atomic E-state index is -0.499. The number of aryl methyl sites for hydroxylation is 1. The summed E-state index contributed by atoms with van der Waals surface area (Å²) in [5, 5.41) is 0. The Morgan fingerprint density at radius 2 is 2.10 bits per heavy atom. The summed E-state index contributed by atoms with van der Waals surface area (Å²) in [4.78, 5) is 27.3. The molecule has 20 heavy (non-hydrogen) atoms. The highest BCUT2D eigenvalue weighted by Crippen LogP contribution is 2.23. The molecule has 108 valence electrons. The van der Waals surface area contributed by atoms with Gasteiger partial charge >= 0.3 is 0 Å². The average molecular weight is 278 g/mol. The van der Waals surface area contributed by atoms with Gasteiger partial charge in [0, 0.05) is 25.2 Å². The molecule has 0 aliphatic carbocycles. The number of piperazine rings is 1. The number of rotatable bonds is 2. The van der Waals surface area contributed by atoms with Crippen molar-refractivity contribution in [2.45, 2.75) is 33.2 Å². The fraction of sp³-hybridized carbons (Fsp3) is 0.467. The van der Waals surface area contributed by atoms with Crippen molar-refractivity contribution in [1.29, 1.82) is 0 Å². The lowest BCUT2D eigenvalue weighted by molar-refractivity contribution is -0.140. The zero-order valence-corrected chi connectivity index (χ0v) is 12.0. The van der Waals surface area contributed by atoms with Crippen LogP contribution in [0, 0.1) is 12.7 Å². The van der Waals surface area contributed by atoms with Crippen LogP contribution in [-0.4, -0.2) is 35.8 Å². The topological polar surface area (TPSA) is 40.6 Å². The van der Waals surface area contributed by atoms with E-state index >= 15 is 0 Å². The van der Waals surface area contributed by atoms with Crippen LogP contribution in [0.1, 0.15) is 25.8 Å². The molecule has 2 rings (SSSR count). The largest absolute Gasteiger partial charge is 0.329 e. The van der Waals surface area contributed by atoms with Crippen molar-refractivity contribution in [2.75, 3.05) is 18.0 Å². The van der Waals surface area contributed by atoms with Gasteiger partial charge in [-0.2, -0.15) is 0 Å². The lowest BCUT2D eigenvalue weighted by atomic mass is 10.1. The summed E-state index contributed by atoms with van der Waals surface area (Å²) in [5.41, 5.74) is 1.10. The van der Waals surface area contributed by atoms with Crippen molar-refractivity contribution >= 4 is 17.5 Å². The van der Waals surface area contributed by atoms with E-state index in [1.165, 1.54) is 6.07 Å². The molecule has 0 saturated carbocycles. The van der Waals surface area contributed by atoms with Gasteiger partial charge in [0.1, 0.15) is 11.9 Å². The van der Waals surface area contributed by atoms with Crippen LogP contribution in [0.2, 0.25) is 0 Å². The Balaban J connectivity index is 2.22. The molecule has 1 heterocycles. The molecule has 1 aliphatic rings. The molecular weight excluding hydrogens is 259 g/mol. The predicted molar refractivity (Wildman–Crippen MR) is 75.0 cm³/mol. The van der Waals surface area contributed by atoms with Crippen LogP contribution in [0.5, 0.6) is 0 Å². The smallest absolute Gasteiger partial charge is 0.249 e. The molecule has 1 aromatic rings. The first kappa shape index (κ1) is 14.5. The Morgan fingerprint density at radius 3 is 2.70 bits per heavy atom. The molecule has 2 amide bonds. The first-order chi connectivity index (χ1) is 9.45. The van der Waals surface area contributed by atoms with E-state index in [9.17, 15) is 14.0 Å². The Morgan fingerprint density at radius 1 is 1.40 bits per heavy atom. The second-order valence-corrected chi connectivity index (χ2v) is 5.04. The average Bonchev–Trinajstić information content (AvgIpc) is 2.44. The maximum Gasteiger partial charge on any atom is 0.249 e. The van der Waals surface area contributed by atoms with Crippen molar-refractivity contribution in [3.8, 4) is 0 Å². The van der Waals surface area contributed by atoms with Crippen molar-refractivity contribution in [1.82, 2.24) is 4.90 Å². The highest BCUT2D eigenvalue weighted by molar-refractivity contribution is 6.00. The number of carbonyl (C=O) groups is 2. The molecule has 1 aromatic carbocycles. The molecule has 0 radical (unpaired) electrons. The third-order valence-corrected chi connectivity index (χ3v) is 3.75. The van der Waals surface area contributed by atoms with Crippen LogP contribution in [0.15, 0.2) is 18.2 Å². The molecule has 5 heteroatoms. The van der Waals surface area contributed by atoms with Crippen molar-refractivity contribution in [3.63, 3.8) is 0 Å². The molecule has 0 N–H and O–H groups in total. The maximum atomic E-state index is 13.6. The summed E-state index contributed by atoms with van der Waals surface area (Å²) >= 11 is 0. The summed E-state index contributed by atoms with van der Waals surface area (Å²) in [5.74, 6) is -0.517. The van der Waals surface area contributed by atoms with Crippen molar-refractivity contribution in [3.05, 3.63) is 29.6 Å². The minimum absolute atomic E-state index is 0.0272. The zero-order chi connectivity index (χ0) is 14.9. The monoisotopic (exact) mass is 278 g/mol. The van der Waals surface area contributed by atoms with Gasteiger partial charge in [-0.05, 0) is 31.5 Å². The molecule has 1 atom stereocenters. The number of anilines is 1. The number of carbonyl (C=O) groups excluding carboxylic acids is 2. The van der Waals surface area contributed by atoms with Gasteiger partial charge < -0.3 is 9.80 Å². The molecule has 0 bridgehead atoms. The van der Waals surface area contributed by atoms with Gasteiger partial charge in [0.05, 0.1) is 0 Å². The molecule has 0 spiro atoms. The molecule has 1 fully saturated rings. The molecule has 1 saturated heterocycles. The standard InChI is InChI=1S/C15H19FN2O2/c1-4-14(19)17-7-8-18(15(20)11(17)3)12-6-5-10(2)13(16)9-12/h5-6,9,11H,4,7-8H2,1-3H3/t11-/m1/s1. The lowest BCUT2D eigenvalue weighted by Gasteiger charge is -2.39. The SMILES string of the molecule is CCC(=O)N1CCN(c2ccc(C)c(F)c2)C(=O)[C@H]1C. The molecule has 4 nitrogen and oxygen atoms in total. The van der Waals surface area contributed by atoms with Crippen molar-refractivity contribution < 1.29 is 14.0 Å².